The third-order valence-electron chi connectivity index (χ3n) is 2.48. The van der Waals surface area contributed by atoms with Gasteiger partial charge < -0.3 is 11.1 Å². The van der Waals surface area contributed by atoms with Crippen molar-refractivity contribution in [1.82, 2.24) is 4.98 Å². The topological polar surface area (TPSA) is 111 Å². The van der Waals surface area contributed by atoms with Crippen LogP contribution in [0.25, 0.3) is 0 Å². The molecule has 0 unspecified atom stereocenters. The zero-order valence-corrected chi connectivity index (χ0v) is 12.7. The fourth-order valence-electron chi connectivity index (χ4n) is 1.58. The fourth-order valence-corrected chi connectivity index (χ4v) is 2.19. The summed E-state index contributed by atoms with van der Waals surface area (Å²) in [5, 5.41) is 13.5. The number of carbonyl (C=O) groups is 1. The predicted molar refractivity (Wildman–Crippen MR) is 82.4 cm³/mol. The zero-order chi connectivity index (χ0) is 15.6. The Morgan fingerprint density at radius 3 is 2.71 bits per heavy atom. The second-order valence-electron chi connectivity index (χ2n) is 3.98. The molecule has 0 spiro atoms. The van der Waals surface area contributed by atoms with Crippen LogP contribution in [0.3, 0.4) is 0 Å². The number of nitro groups is 1. The molecule has 108 valence electrons. The first-order valence-corrected chi connectivity index (χ1v) is 6.72. The number of pyridine rings is 1. The lowest BCUT2D eigenvalue weighted by Gasteiger charge is -2.06. The van der Waals surface area contributed by atoms with Crippen molar-refractivity contribution in [2.75, 3.05) is 11.1 Å². The fraction of sp³-hybridized carbons (Fsp3) is 0. The number of nitrogens with one attached hydrogen (secondary N) is 1. The molecule has 0 aliphatic carbocycles. The number of hydrogen-bond acceptors (Lipinski definition) is 5. The minimum Gasteiger partial charge on any atom is -0.384 e. The lowest BCUT2D eigenvalue weighted by Crippen LogP contribution is -2.13. The Bertz CT molecular complexity index is 718. The highest BCUT2D eigenvalue weighted by atomic mass is 79.9. The molecule has 0 atom stereocenters. The van der Waals surface area contributed by atoms with E-state index in [0.29, 0.717) is 4.47 Å². The van der Waals surface area contributed by atoms with Gasteiger partial charge in [-0.25, -0.2) is 4.98 Å². The van der Waals surface area contributed by atoms with Crippen LogP contribution in [0, 0.1) is 10.1 Å². The number of nitro benzene ring substituents is 1. The number of hydrogen-bond donors (Lipinski definition) is 2. The largest absolute Gasteiger partial charge is 0.384 e. The van der Waals surface area contributed by atoms with Gasteiger partial charge in [0.15, 0.2) is 0 Å². The molecule has 1 aromatic heterocycles. The van der Waals surface area contributed by atoms with Crippen molar-refractivity contribution >= 4 is 50.6 Å². The van der Waals surface area contributed by atoms with E-state index >= 15 is 0 Å². The Morgan fingerprint density at radius 1 is 1.38 bits per heavy atom. The predicted octanol–water partition coefficient (Wildman–Crippen LogP) is 3.24. The smallest absolute Gasteiger partial charge is 0.285 e. The van der Waals surface area contributed by atoms with Crippen LogP contribution in [-0.4, -0.2) is 15.8 Å². The van der Waals surface area contributed by atoms with Gasteiger partial charge in [0.05, 0.1) is 9.40 Å². The molecule has 0 bridgehead atoms. The van der Waals surface area contributed by atoms with Crippen LogP contribution in [0.2, 0.25) is 5.15 Å². The van der Waals surface area contributed by atoms with Crippen LogP contribution in [0.15, 0.2) is 34.8 Å². The standard InChI is InChI=1S/C12H8BrClN4O3/c13-8-2-1-7(5-9(8)18(20)21)16-12(19)6-3-10(14)17-11(15)4-6/h1-5H,(H2,15,17)(H,16,19). The van der Waals surface area contributed by atoms with Crippen LogP contribution in [-0.2, 0) is 0 Å². The van der Waals surface area contributed by atoms with E-state index in [9.17, 15) is 14.9 Å². The molecule has 2 rings (SSSR count). The SMILES string of the molecule is Nc1cc(C(=O)Nc2ccc(Br)c([N+](=O)[O-])c2)cc(Cl)n1. The highest BCUT2D eigenvalue weighted by Crippen LogP contribution is 2.28. The van der Waals surface area contributed by atoms with Crippen molar-refractivity contribution in [3.05, 3.63) is 55.6 Å². The molecule has 1 heterocycles. The van der Waals surface area contributed by atoms with Gasteiger partial charge in [-0.3, -0.25) is 14.9 Å². The van der Waals surface area contributed by atoms with Crippen molar-refractivity contribution in [3.8, 4) is 0 Å². The van der Waals surface area contributed by atoms with Crippen molar-refractivity contribution in [2.45, 2.75) is 0 Å². The van der Waals surface area contributed by atoms with Gasteiger partial charge in [-0.15, -0.1) is 0 Å². The molecule has 0 aliphatic heterocycles. The van der Waals surface area contributed by atoms with Crippen LogP contribution < -0.4 is 11.1 Å². The van der Waals surface area contributed by atoms with Gasteiger partial charge in [0.25, 0.3) is 11.6 Å². The summed E-state index contributed by atoms with van der Waals surface area (Å²) in [4.78, 5) is 26.1. The van der Waals surface area contributed by atoms with Crippen molar-refractivity contribution < 1.29 is 9.72 Å². The molecule has 7 nitrogen and oxygen atoms in total. The normalized spacial score (nSPS) is 10.2. The Morgan fingerprint density at radius 2 is 2.10 bits per heavy atom. The summed E-state index contributed by atoms with van der Waals surface area (Å²) >= 11 is 8.78. The molecular weight excluding hydrogens is 364 g/mol. The number of carbonyl (C=O) groups excluding carboxylic acids is 1. The van der Waals surface area contributed by atoms with Gasteiger partial charge in [0, 0.05) is 17.3 Å². The van der Waals surface area contributed by atoms with Gasteiger partial charge >= 0.3 is 0 Å². The molecule has 2 aromatic rings. The van der Waals surface area contributed by atoms with Gasteiger partial charge in [0.2, 0.25) is 0 Å². The minimum absolute atomic E-state index is 0.0851. The number of nitrogens with zero attached hydrogens (tertiary/aromatic N) is 2. The number of benzene rings is 1. The van der Waals surface area contributed by atoms with Crippen LogP contribution in [0.1, 0.15) is 10.4 Å². The molecule has 3 N–H and O–H groups in total. The second kappa shape index (κ2) is 6.06. The van der Waals surface area contributed by atoms with Gasteiger partial charge in [-0.2, -0.15) is 0 Å². The first kappa shape index (κ1) is 15.2. The van der Waals surface area contributed by atoms with E-state index in [0.717, 1.165) is 0 Å². The zero-order valence-electron chi connectivity index (χ0n) is 10.3. The van der Waals surface area contributed by atoms with E-state index in [1.54, 1.807) is 0 Å². The number of nitrogen functional groups attached to an aromatic ring is 1. The molecule has 21 heavy (non-hydrogen) atoms. The summed E-state index contributed by atoms with van der Waals surface area (Å²) in [6.07, 6.45) is 0. The monoisotopic (exact) mass is 370 g/mol. The minimum atomic E-state index is -0.555. The molecule has 0 saturated carbocycles. The molecule has 0 radical (unpaired) electrons. The van der Waals surface area contributed by atoms with E-state index in [1.807, 2.05) is 0 Å². The van der Waals surface area contributed by atoms with E-state index in [-0.39, 0.29) is 27.9 Å². The molecular formula is C12H8BrClN4O3. The number of anilines is 2. The number of nitrogens with two attached hydrogens (primary N) is 1. The summed E-state index contributed by atoms with van der Waals surface area (Å²) in [6, 6.07) is 6.95. The Hall–Kier alpha value is -2.19. The quantitative estimate of drug-likeness (QED) is 0.489. The van der Waals surface area contributed by atoms with Gasteiger partial charge in [-0.1, -0.05) is 11.6 Å². The highest BCUT2D eigenvalue weighted by Gasteiger charge is 2.14. The maximum Gasteiger partial charge on any atom is 0.285 e. The van der Waals surface area contributed by atoms with E-state index in [4.69, 9.17) is 17.3 Å². The highest BCUT2D eigenvalue weighted by molar-refractivity contribution is 9.10. The summed E-state index contributed by atoms with van der Waals surface area (Å²) in [5.74, 6) is -0.392. The molecule has 0 fully saturated rings. The van der Waals surface area contributed by atoms with Crippen molar-refractivity contribution in [2.24, 2.45) is 0 Å². The maximum atomic E-state index is 12.0. The molecule has 1 aromatic carbocycles. The summed E-state index contributed by atoms with van der Waals surface area (Å²) in [5.41, 5.74) is 5.84. The van der Waals surface area contributed by atoms with E-state index < -0.39 is 10.8 Å². The number of halogens is 2. The summed E-state index contributed by atoms with van der Waals surface area (Å²) in [6.45, 7) is 0. The van der Waals surface area contributed by atoms with Gasteiger partial charge in [-0.05, 0) is 40.2 Å². The van der Waals surface area contributed by atoms with E-state index in [2.05, 4.69) is 26.2 Å². The Labute approximate surface area is 132 Å². The maximum absolute atomic E-state index is 12.0. The first-order chi connectivity index (χ1) is 9.86. The number of amides is 1. The lowest BCUT2D eigenvalue weighted by molar-refractivity contribution is -0.385. The summed E-state index contributed by atoms with van der Waals surface area (Å²) in [7, 11) is 0. The first-order valence-electron chi connectivity index (χ1n) is 5.55. The van der Waals surface area contributed by atoms with Crippen LogP contribution >= 0.6 is 27.5 Å². The third-order valence-corrected chi connectivity index (χ3v) is 3.34. The molecule has 9 heteroatoms. The molecule has 0 saturated heterocycles. The Kier molecular flexibility index (Phi) is 4.39. The summed E-state index contributed by atoms with van der Waals surface area (Å²) < 4.78 is 0.321. The lowest BCUT2D eigenvalue weighted by atomic mass is 10.2. The average molecular weight is 372 g/mol. The number of rotatable bonds is 3. The number of aromatic nitrogens is 1. The van der Waals surface area contributed by atoms with Gasteiger partial charge in [0.1, 0.15) is 11.0 Å². The van der Waals surface area contributed by atoms with Crippen molar-refractivity contribution in [1.29, 1.82) is 0 Å². The second-order valence-corrected chi connectivity index (χ2v) is 5.22. The van der Waals surface area contributed by atoms with Crippen LogP contribution in [0.4, 0.5) is 17.2 Å². The third kappa shape index (κ3) is 3.67. The molecule has 0 aliphatic rings. The average Bonchev–Trinajstić information content (AvgIpc) is 2.39. The molecule has 1 amide bonds. The van der Waals surface area contributed by atoms with E-state index in [1.165, 1.54) is 30.3 Å². The Balaban J connectivity index is 2.27. The van der Waals surface area contributed by atoms with Crippen LogP contribution in [0.5, 0.6) is 0 Å². The van der Waals surface area contributed by atoms with Crippen molar-refractivity contribution in [3.63, 3.8) is 0 Å².